The van der Waals surface area contributed by atoms with Crippen LogP contribution in [0.15, 0.2) is 29.6 Å². The summed E-state index contributed by atoms with van der Waals surface area (Å²) in [7, 11) is 0. The van der Waals surface area contributed by atoms with Gasteiger partial charge in [0, 0.05) is 30.1 Å². The molecule has 0 bridgehead atoms. The average molecular weight is 329 g/mol. The molecule has 5 nitrogen and oxygen atoms in total. The lowest BCUT2D eigenvalue weighted by atomic mass is 10.0. The molecule has 1 N–H and O–H groups in total. The average Bonchev–Trinajstić information content (AvgIpc) is 2.86. The van der Waals surface area contributed by atoms with Crippen molar-refractivity contribution in [1.29, 1.82) is 0 Å². The molecule has 1 atom stereocenters. The van der Waals surface area contributed by atoms with Gasteiger partial charge in [0.25, 0.3) is 11.6 Å². The highest BCUT2D eigenvalue weighted by atomic mass is 19.4. The van der Waals surface area contributed by atoms with Gasteiger partial charge in [-0.25, -0.2) is 0 Å². The van der Waals surface area contributed by atoms with E-state index in [1.165, 1.54) is 24.5 Å². The van der Waals surface area contributed by atoms with E-state index >= 15 is 0 Å². The standard InChI is InChI=1S/C15H18F3N3O2/c1-2-3-4-5-12-10-14(23,15(16,17)18)21(20-12)13(22)11-6-8-19-9-7-11/h6-9,23H,2-5,10H2,1H3/t14-/m1/s1. The monoisotopic (exact) mass is 329 g/mol. The molecule has 23 heavy (non-hydrogen) atoms. The van der Waals surface area contributed by atoms with Gasteiger partial charge in [-0.05, 0) is 25.0 Å². The third-order valence-electron chi connectivity index (χ3n) is 3.68. The highest BCUT2D eigenvalue weighted by Crippen LogP contribution is 2.41. The normalized spacial score (nSPS) is 21.4. The molecule has 1 amide bonds. The van der Waals surface area contributed by atoms with Gasteiger partial charge in [-0.3, -0.25) is 9.78 Å². The molecule has 0 fully saturated rings. The molecule has 1 aromatic heterocycles. The first kappa shape index (κ1) is 17.4. The van der Waals surface area contributed by atoms with E-state index in [0.29, 0.717) is 12.8 Å². The fourth-order valence-electron chi connectivity index (χ4n) is 2.39. The maximum absolute atomic E-state index is 13.3. The summed E-state index contributed by atoms with van der Waals surface area (Å²) in [6, 6.07) is 2.56. The Bertz CT molecular complexity index is 589. The molecule has 2 heterocycles. The molecule has 0 aliphatic carbocycles. The maximum atomic E-state index is 13.3. The van der Waals surface area contributed by atoms with Crippen molar-refractivity contribution in [2.75, 3.05) is 0 Å². The first-order valence-electron chi connectivity index (χ1n) is 7.39. The lowest BCUT2D eigenvalue weighted by Gasteiger charge is -2.32. The molecule has 0 radical (unpaired) electrons. The van der Waals surface area contributed by atoms with Crippen molar-refractivity contribution >= 4 is 11.6 Å². The topological polar surface area (TPSA) is 65.8 Å². The Hall–Kier alpha value is -1.96. The van der Waals surface area contributed by atoms with E-state index in [-0.39, 0.29) is 16.3 Å². The maximum Gasteiger partial charge on any atom is 0.438 e. The van der Waals surface area contributed by atoms with Crippen molar-refractivity contribution < 1.29 is 23.1 Å². The fraction of sp³-hybridized carbons (Fsp3) is 0.533. The van der Waals surface area contributed by atoms with Crippen LogP contribution >= 0.6 is 0 Å². The third kappa shape index (κ3) is 3.52. The highest BCUT2D eigenvalue weighted by Gasteiger charge is 2.63. The smallest absolute Gasteiger partial charge is 0.362 e. The predicted octanol–water partition coefficient (Wildman–Crippen LogP) is 3.11. The van der Waals surface area contributed by atoms with Crippen molar-refractivity contribution in [3.63, 3.8) is 0 Å². The van der Waals surface area contributed by atoms with Gasteiger partial charge in [-0.1, -0.05) is 19.8 Å². The first-order valence-corrected chi connectivity index (χ1v) is 7.39. The Morgan fingerprint density at radius 2 is 2.00 bits per heavy atom. The second kappa shape index (κ2) is 6.66. The number of halogens is 3. The number of pyridine rings is 1. The molecule has 1 aliphatic rings. The summed E-state index contributed by atoms with van der Waals surface area (Å²) in [5, 5.41) is 14.0. The predicted molar refractivity (Wildman–Crippen MR) is 77.6 cm³/mol. The Balaban J connectivity index is 2.28. The summed E-state index contributed by atoms with van der Waals surface area (Å²) in [6.45, 7) is 1.97. The third-order valence-corrected chi connectivity index (χ3v) is 3.68. The van der Waals surface area contributed by atoms with E-state index in [1.807, 2.05) is 6.92 Å². The van der Waals surface area contributed by atoms with Gasteiger partial charge in [0.15, 0.2) is 0 Å². The molecule has 2 rings (SSSR count). The van der Waals surface area contributed by atoms with E-state index in [2.05, 4.69) is 10.1 Å². The van der Waals surface area contributed by atoms with Crippen LogP contribution in [-0.2, 0) is 0 Å². The second-order valence-corrected chi connectivity index (χ2v) is 5.47. The van der Waals surface area contributed by atoms with Gasteiger partial charge < -0.3 is 5.11 Å². The zero-order chi connectivity index (χ0) is 17.1. The lowest BCUT2D eigenvalue weighted by Crippen LogP contribution is -2.56. The Morgan fingerprint density at radius 3 is 2.57 bits per heavy atom. The molecule has 8 heteroatoms. The summed E-state index contributed by atoms with van der Waals surface area (Å²) in [5.41, 5.74) is -3.13. The fourth-order valence-corrected chi connectivity index (χ4v) is 2.39. The zero-order valence-corrected chi connectivity index (χ0v) is 12.7. The summed E-state index contributed by atoms with van der Waals surface area (Å²) in [4.78, 5) is 16.0. The largest absolute Gasteiger partial charge is 0.438 e. The van der Waals surface area contributed by atoms with Gasteiger partial charge in [0.05, 0.1) is 0 Å². The van der Waals surface area contributed by atoms with Crippen molar-refractivity contribution in [2.24, 2.45) is 5.10 Å². The molecular formula is C15H18F3N3O2. The Labute approximate surface area is 131 Å². The summed E-state index contributed by atoms with van der Waals surface area (Å²) in [6.07, 6.45) is -0.364. The van der Waals surface area contributed by atoms with Gasteiger partial charge in [-0.2, -0.15) is 23.3 Å². The second-order valence-electron chi connectivity index (χ2n) is 5.47. The van der Waals surface area contributed by atoms with Gasteiger partial charge in [-0.15, -0.1) is 0 Å². The van der Waals surface area contributed by atoms with E-state index in [9.17, 15) is 23.1 Å². The van der Waals surface area contributed by atoms with Crippen LogP contribution in [0.4, 0.5) is 13.2 Å². The SMILES string of the molecule is CCCCCC1=NN(C(=O)c2ccncc2)[C@](O)(C(F)(F)F)C1. The molecule has 0 unspecified atom stereocenters. The number of carbonyl (C=O) groups excluding carboxylic acids is 1. The van der Waals surface area contributed by atoms with E-state index < -0.39 is 24.2 Å². The van der Waals surface area contributed by atoms with Crippen LogP contribution in [0.5, 0.6) is 0 Å². The number of nitrogens with zero attached hydrogens (tertiary/aromatic N) is 3. The summed E-state index contributed by atoms with van der Waals surface area (Å²) in [5.74, 6) is -1.00. The number of unbranched alkanes of at least 4 members (excludes halogenated alkanes) is 2. The molecule has 0 aromatic carbocycles. The van der Waals surface area contributed by atoms with E-state index in [0.717, 1.165) is 12.8 Å². The van der Waals surface area contributed by atoms with E-state index in [1.54, 1.807) is 0 Å². The van der Waals surface area contributed by atoms with Crippen LogP contribution in [0.2, 0.25) is 0 Å². The van der Waals surface area contributed by atoms with E-state index in [4.69, 9.17) is 0 Å². The number of alkyl halides is 3. The van der Waals surface area contributed by atoms with Crippen LogP contribution < -0.4 is 0 Å². The van der Waals surface area contributed by atoms with Crippen LogP contribution in [0.25, 0.3) is 0 Å². The summed E-state index contributed by atoms with van der Waals surface area (Å²) >= 11 is 0. The Kier molecular flexibility index (Phi) is 5.03. The van der Waals surface area contributed by atoms with Crippen LogP contribution in [0.3, 0.4) is 0 Å². The van der Waals surface area contributed by atoms with Crippen molar-refractivity contribution in [1.82, 2.24) is 9.99 Å². The zero-order valence-electron chi connectivity index (χ0n) is 12.7. The van der Waals surface area contributed by atoms with Gasteiger partial charge in [0.1, 0.15) is 0 Å². The number of hydrogen-bond acceptors (Lipinski definition) is 4. The molecular weight excluding hydrogens is 311 g/mol. The van der Waals surface area contributed by atoms with Crippen molar-refractivity contribution in [3.05, 3.63) is 30.1 Å². The quantitative estimate of drug-likeness (QED) is 0.844. The lowest BCUT2D eigenvalue weighted by molar-refractivity contribution is -0.297. The van der Waals surface area contributed by atoms with Crippen LogP contribution in [-0.4, -0.2) is 38.6 Å². The molecule has 0 saturated carbocycles. The minimum atomic E-state index is -4.99. The molecule has 0 saturated heterocycles. The minimum Gasteiger partial charge on any atom is -0.362 e. The van der Waals surface area contributed by atoms with Gasteiger partial charge in [0.2, 0.25) is 0 Å². The van der Waals surface area contributed by atoms with Crippen LogP contribution in [0, 0.1) is 0 Å². The molecule has 0 spiro atoms. The number of amides is 1. The molecule has 126 valence electrons. The number of rotatable bonds is 5. The number of hydrazone groups is 1. The first-order chi connectivity index (χ1) is 10.8. The summed E-state index contributed by atoms with van der Waals surface area (Å²) < 4.78 is 39.9. The van der Waals surface area contributed by atoms with Crippen LogP contribution in [0.1, 0.15) is 49.4 Å². The molecule has 1 aromatic rings. The van der Waals surface area contributed by atoms with Crippen molar-refractivity contribution in [3.8, 4) is 0 Å². The Morgan fingerprint density at radius 1 is 1.35 bits per heavy atom. The number of aromatic nitrogens is 1. The van der Waals surface area contributed by atoms with Crippen molar-refractivity contribution in [2.45, 2.75) is 50.9 Å². The number of aliphatic hydroxyl groups is 1. The van der Waals surface area contributed by atoms with Gasteiger partial charge >= 0.3 is 6.18 Å². The molecule has 1 aliphatic heterocycles. The number of hydrogen-bond donors (Lipinski definition) is 1. The number of carbonyl (C=O) groups is 1. The minimum absolute atomic E-state index is 0.0127. The highest BCUT2D eigenvalue weighted by molar-refractivity contribution is 5.98.